The van der Waals surface area contributed by atoms with Crippen molar-refractivity contribution in [2.24, 2.45) is 0 Å². The summed E-state index contributed by atoms with van der Waals surface area (Å²) in [5, 5.41) is 13.0. The number of anilines is 1. The maximum absolute atomic E-state index is 11.5. The maximum atomic E-state index is 11.5. The zero-order chi connectivity index (χ0) is 14.0. The normalized spacial score (nSPS) is 12.2. The van der Waals surface area contributed by atoms with Crippen molar-refractivity contribution in [1.82, 2.24) is 0 Å². The Kier molecular flexibility index (Phi) is 4.12. The van der Waals surface area contributed by atoms with Crippen LogP contribution in [0.15, 0.2) is 30.3 Å². The van der Waals surface area contributed by atoms with Crippen LogP contribution in [0, 0.1) is 13.8 Å². The molecule has 5 heteroatoms. The van der Waals surface area contributed by atoms with Gasteiger partial charge in [0.2, 0.25) is 0 Å². The zero-order valence-electron chi connectivity index (χ0n) is 10.6. The molecule has 2 aromatic rings. The van der Waals surface area contributed by atoms with E-state index < -0.39 is 12.0 Å². The summed E-state index contributed by atoms with van der Waals surface area (Å²) >= 11 is 7.50. The number of hydrogen-bond donors (Lipinski definition) is 2. The van der Waals surface area contributed by atoms with Crippen molar-refractivity contribution in [1.29, 1.82) is 0 Å². The third-order valence-corrected chi connectivity index (χ3v) is 3.99. The molecule has 19 heavy (non-hydrogen) atoms. The van der Waals surface area contributed by atoms with E-state index in [2.05, 4.69) is 5.32 Å². The molecule has 2 rings (SSSR count). The molecule has 100 valence electrons. The first-order chi connectivity index (χ1) is 8.97. The highest BCUT2D eigenvalue weighted by atomic mass is 35.5. The first kappa shape index (κ1) is 13.9. The van der Waals surface area contributed by atoms with Gasteiger partial charge in [0.25, 0.3) is 0 Å². The predicted molar refractivity (Wildman–Crippen MR) is 79.2 cm³/mol. The van der Waals surface area contributed by atoms with E-state index in [4.69, 9.17) is 11.6 Å². The van der Waals surface area contributed by atoms with Crippen LogP contribution in [0.25, 0.3) is 0 Å². The van der Waals surface area contributed by atoms with E-state index in [9.17, 15) is 9.90 Å². The van der Waals surface area contributed by atoms with Crippen molar-refractivity contribution >= 4 is 34.6 Å². The number of nitrogens with one attached hydrogen (secondary N) is 1. The molecule has 1 aromatic heterocycles. The second-order valence-electron chi connectivity index (χ2n) is 4.29. The minimum absolute atomic E-state index is 0.576. The van der Waals surface area contributed by atoms with Gasteiger partial charge in [0.15, 0.2) is 6.04 Å². The number of benzene rings is 1. The number of carboxylic acid groups (broad SMARTS) is 1. The maximum Gasteiger partial charge on any atom is 0.330 e. The molecule has 0 saturated heterocycles. The SMILES string of the molecule is Cc1cc(C(Nc2cccc(Cl)c2)C(=O)O)c(C)s1. The van der Waals surface area contributed by atoms with Gasteiger partial charge in [-0.1, -0.05) is 17.7 Å². The zero-order valence-corrected chi connectivity index (χ0v) is 12.2. The highest BCUT2D eigenvalue weighted by molar-refractivity contribution is 7.12. The lowest BCUT2D eigenvalue weighted by atomic mass is 10.1. The van der Waals surface area contributed by atoms with Crippen molar-refractivity contribution < 1.29 is 9.90 Å². The summed E-state index contributed by atoms with van der Waals surface area (Å²) in [6, 6.07) is 8.21. The highest BCUT2D eigenvalue weighted by Gasteiger charge is 2.23. The van der Waals surface area contributed by atoms with Crippen LogP contribution in [0.1, 0.15) is 21.4 Å². The molecule has 0 radical (unpaired) electrons. The van der Waals surface area contributed by atoms with E-state index in [1.165, 1.54) is 0 Å². The second-order valence-corrected chi connectivity index (χ2v) is 6.19. The van der Waals surface area contributed by atoms with Gasteiger partial charge in [-0.05, 0) is 43.7 Å². The van der Waals surface area contributed by atoms with Gasteiger partial charge in [-0.3, -0.25) is 0 Å². The molecular formula is C14H14ClNO2S. The smallest absolute Gasteiger partial charge is 0.330 e. The number of aryl methyl sites for hydroxylation is 2. The summed E-state index contributed by atoms with van der Waals surface area (Å²) in [6.07, 6.45) is 0. The van der Waals surface area contributed by atoms with E-state index >= 15 is 0 Å². The van der Waals surface area contributed by atoms with Gasteiger partial charge >= 0.3 is 5.97 Å². The topological polar surface area (TPSA) is 49.3 Å². The number of carbonyl (C=O) groups is 1. The van der Waals surface area contributed by atoms with Crippen molar-refractivity contribution in [3.05, 3.63) is 50.7 Å². The molecule has 0 spiro atoms. The average molecular weight is 296 g/mol. The lowest BCUT2D eigenvalue weighted by Crippen LogP contribution is -2.20. The fourth-order valence-corrected chi connectivity index (χ4v) is 3.11. The van der Waals surface area contributed by atoms with Gasteiger partial charge < -0.3 is 10.4 Å². The van der Waals surface area contributed by atoms with Crippen LogP contribution in [0.5, 0.6) is 0 Å². The number of thiophene rings is 1. The van der Waals surface area contributed by atoms with Crippen LogP contribution in [-0.4, -0.2) is 11.1 Å². The lowest BCUT2D eigenvalue weighted by Gasteiger charge is -2.16. The molecule has 0 aliphatic rings. The van der Waals surface area contributed by atoms with Crippen molar-refractivity contribution in [3.8, 4) is 0 Å². The summed E-state index contributed by atoms with van der Waals surface area (Å²) in [5.74, 6) is -0.902. The Balaban J connectivity index is 2.32. The molecule has 0 saturated carbocycles. The number of carboxylic acids is 1. The van der Waals surface area contributed by atoms with E-state index in [0.29, 0.717) is 10.7 Å². The minimum atomic E-state index is -0.902. The first-order valence-electron chi connectivity index (χ1n) is 5.79. The standard InChI is InChI=1S/C14H14ClNO2S/c1-8-6-12(9(2)19-8)13(14(17)18)16-11-5-3-4-10(15)7-11/h3-7,13,16H,1-2H3,(H,17,18). The van der Waals surface area contributed by atoms with E-state index in [0.717, 1.165) is 15.3 Å². The van der Waals surface area contributed by atoms with E-state index in [1.807, 2.05) is 19.9 Å². The van der Waals surface area contributed by atoms with Gasteiger partial charge in [0.1, 0.15) is 0 Å². The molecule has 0 aliphatic heterocycles. The van der Waals surface area contributed by atoms with Crippen LogP contribution in [0.3, 0.4) is 0 Å². The fourth-order valence-electron chi connectivity index (χ4n) is 1.95. The molecule has 2 N–H and O–H groups in total. The van der Waals surface area contributed by atoms with Gasteiger partial charge in [-0.25, -0.2) is 4.79 Å². The largest absolute Gasteiger partial charge is 0.479 e. The molecule has 1 atom stereocenters. The Morgan fingerprint density at radius 3 is 2.63 bits per heavy atom. The Bertz CT molecular complexity index is 609. The van der Waals surface area contributed by atoms with E-state index in [-0.39, 0.29) is 0 Å². The minimum Gasteiger partial charge on any atom is -0.479 e. The third kappa shape index (κ3) is 3.28. The van der Waals surface area contributed by atoms with Gasteiger partial charge in [-0.2, -0.15) is 0 Å². The second kappa shape index (κ2) is 5.63. The Morgan fingerprint density at radius 2 is 2.11 bits per heavy atom. The van der Waals surface area contributed by atoms with Gasteiger partial charge in [-0.15, -0.1) is 11.3 Å². The molecule has 0 amide bonds. The molecule has 1 aromatic carbocycles. The third-order valence-electron chi connectivity index (χ3n) is 2.77. The Labute approximate surface area is 120 Å². The van der Waals surface area contributed by atoms with E-state index in [1.54, 1.807) is 35.6 Å². The molecule has 0 bridgehead atoms. The van der Waals surface area contributed by atoms with Crippen LogP contribution in [0.4, 0.5) is 5.69 Å². The summed E-state index contributed by atoms with van der Waals surface area (Å²) in [5.41, 5.74) is 1.50. The first-order valence-corrected chi connectivity index (χ1v) is 6.98. The number of rotatable bonds is 4. The van der Waals surface area contributed by atoms with Gasteiger partial charge in [0, 0.05) is 20.5 Å². The number of aliphatic carboxylic acids is 1. The Morgan fingerprint density at radius 1 is 1.37 bits per heavy atom. The summed E-state index contributed by atoms with van der Waals surface area (Å²) < 4.78 is 0. The van der Waals surface area contributed by atoms with Crippen molar-refractivity contribution in [2.75, 3.05) is 5.32 Å². The summed E-state index contributed by atoms with van der Waals surface area (Å²) in [7, 11) is 0. The highest BCUT2D eigenvalue weighted by Crippen LogP contribution is 2.29. The molecule has 0 fully saturated rings. The quantitative estimate of drug-likeness (QED) is 0.886. The predicted octanol–water partition coefficient (Wildman–Crippen LogP) is 4.26. The van der Waals surface area contributed by atoms with Crippen LogP contribution < -0.4 is 5.32 Å². The molecular weight excluding hydrogens is 282 g/mol. The molecule has 1 unspecified atom stereocenters. The summed E-state index contributed by atoms with van der Waals surface area (Å²) in [6.45, 7) is 3.90. The monoisotopic (exact) mass is 295 g/mol. The molecule has 0 aliphatic carbocycles. The van der Waals surface area contributed by atoms with Crippen LogP contribution >= 0.6 is 22.9 Å². The lowest BCUT2D eigenvalue weighted by molar-refractivity contribution is -0.138. The molecule has 3 nitrogen and oxygen atoms in total. The van der Waals surface area contributed by atoms with Crippen molar-refractivity contribution in [2.45, 2.75) is 19.9 Å². The number of hydrogen-bond acceptors (Lipinski definition) is 3. The number of halogens is 1. The molecule has 1 heterocycles. The summed E-state index contributed by atoms with van der Waals surface area (Å²) in [4.78, 5) is 13.6. The van der Waals surface area contributed by atoms with Crippen LogP contribution in [-0.2, 0) is 4.79 Å². The Hall–Kier alpha value is -1.52. The van der Waals surface area contributed by atoms with Crippen LogP contribution in [0.2, 0.25) is 5.02 Å². The van der Waals surface area contributed by atoms with Gasteiger partial charge in [0.05, 0.1) is 0 Å². The average Bonchev–Trinajstić information content (AvgIpc) is 2.65. The van der Waals surface area contributed by atoms with Crippen molar-refractivity contribution in [3.63, 3.8) is 0 Å². The fraction of sp³-hybridized carbons (Fsp3) is 0.214.